The predicted molar refractivity (Wildman–Crippen MR) is 183 cm³/mol. The minimum Gasteiger partial charge on any atom is -0.493 e. The molecule has 0 unspecified atom stereocenters. The second-order valence-electron chi connectivity index (χ2n) is 11.8. The van der Waals surface area contributed by atoms with Crippen LogP contribution in [-0.4, -0.2) is 55.3 Å². The van der Waals surface area contributed by atoms with E-state index in [-0.39, 0.29) is 42.0 Å². The molecule has 0 aliphatic carbocycles. The highest BCUT2D eigenvalue weighted by Gasteiger charge is 2.34. The molecule has 0 spiro atoms. The number of benzene rings is 4. The second kappa shape index (κ2) is 17.5. The second-order valence-corrected chi connectivity index (χ2v) is 15.4. The maximum absolute atomic E-state index is 15.2. The van der Waals surface area contributed by atoms with Crippen molar-refractivity contribution in [3.05, 3.63) is 130 Å². The summed E-state index contributed by atoms with van der Waals surface area (Å²) in [5.74, 6) is -1.27. The molecule has 0 heterocycles. The Morgan fingerprint density at radius 3 is 2.10 bits per heavy atom. The van der Waals surface area contributed by atoms with Gasteiger partial charge in [-0.15, -0.1) is 0 Å². The number of rotatable bonds is 17. The van der Waals surface area contributed by atoms with E-state index < -0.39 is 58.5 Å². The van der Waals surface area contributed by atoms with Gasteiger partial charge in [0.05, 0.1) is 28.7 Å². The van der Waals surface area contributed by atoms with E-state index >= 15 is 4.39 Å². The number of hydrogen-bond donors (Lipinski definition) is 2. The zero-order chi connectivity index (χ0) is 37.4. The smallest absolute Gasteiger partial charge is 0.471 e. The normalized spacial score (nSPS) is 13.2. The Bertz CT molecular complexity index is 1880. The summed E-state index contributed by atoms with van der Waals surface area (Å²) in [6.07, 6.45) is -3.49. The summed E-state index contributed by atoms with van der Waals surface area (Å²) in [6.45, 7) is 0.718. The molecule has 2 N–H and O–H groups in total. The molecular formula is C35H37ClF4NO8PS. The fraction of sp³-hybridized carbons (Fsp3) is 0.314. The van der Waals surface area contributed by atoms with Gasteiger partial charge in [-0.05, 0) is 42.2 Å². The lowest BCUT2D eigenvalue weighted by Gasteiger charge is -2.34. The van der Waals surface area contributed by atoms with E-state index in [4.69, 9.17) is 30.9 Å². The van der Waals surface area contributed by atoms with Crippen molar-refractivity contribution >= 4 is 29.3 Å². The summed E-state index contributed by atoms with van der Waals surface area (Å²) in [4.78, 5) is 19.1. The van der Waals surface area contributed by atoms with E-state index in [1.807, 2.05) is 72.5 Å². The number of halogens is 5. The average Bonchev–Trinajstić information content (AvgIpc) is 3.05. The van der Waals surface area contributed by atoms with Gasteiger partial charge in [0.2, 0.25) is 0 Å². The Morgan fingerprint density at radius 1 is 0.941 bits per heavy atom. The van der Waals surface area contributed by atoms with Gasteiger partial charge in [0.1, 0.15) is 11.6 Å². The number of nitrogens with zero attached hydrogens (tertiary/aromatic N) is 1. The standard InChI is InChI=1S/C35H37ClF4NO8PS/c1-24(16-17-48-28-18-32(37)30(33(19-28)51(2,45)46)22-47-23-49-50(42,43)44)41(20-27-14-9-15-31(34(27)36)35(38,39)40)21-29(25-10-5-3-6-11-25)26-12-7-4-8-13-26/h3-15,18-19,24,29H,16-17,20-23H2,1-2H3,(H2,42,43,44)/t24-/m1/s1. The molecule has 16 heteroatoms. The van der Waals surface area contributed by atoms with Gasteiger partial charge in [-0.25, -0.2) is 17.4 Å². The summed E-state index contributed by atoms with van der Waals surface area (Å²) in [5.41, 5.74) is 0.946. The molecule has 0 aromatic heterocycles. The van der Waals surface area contributed by atoms with Gasteiger partial charge in [0, 0.05) is 42.9 Å². The van der Waals surface area contributed by atoms with E-state index in [0.717, 1.165) is 35.6 Å². The zero-order valence-corrected chi connectivity index (χ0v) is 30.1. The Kier molecular flexibility index (Phi) is 13.8. The monoisotopic (exact) mass is 773 g/mol. The van der Waals surface area contributed by atoms with Crippen molar-refractivity contribution in [3.63, 3.8) is 0 Å². The Balaban J connectivity index is 1.58. The first kappa shape index (κ1) is 40.4. The van der Waals surface area contributed by atoms with Crippen molar-refractivity contribution in [1.82, 2.24) is 4.90 Å². The van der Waals surface area contributed by atoms with E-state index in [2.05, 4.69) is 4.52 Å². The molecule has 0 aliphatic heterocycles. The van der Waals surface area contributed by atoms with Crippen molar-refractivity contribution in [3.8, 4) is 5.75 Å². The Hall–Kier alpha value is -3.33. The minimum atomic E-state index is -4.86. The van der Waals surface area contributed by atoms with Crippen LogP contribution in [0.15, 0.2) is 95.9 Å². The molecule has 1 atom stereocenters. The molecule has 0 amide bonds. The Labute approximate surface area is 298 Å². The van der Waals surface area contributed by atoms with Crippen molar-refractivity contribution in [2.75, 3.05) is 26.2 Å². The van der Waals surface area contributed by atoms with Gasteiger partial charge < -0.3 is 19.3 Å². The molecule has 51 heavy (non-hydrogen) atoms. The molecule has 0 aliphatic rings. The summed E-state index contributed by atoms with van der Waals surface area (Å²) in [5, 5.41) is -0.393. The number of hydrogen-bond acceptors (Lipinski definition) is 7. The van der Waals surface area contributed by atoms with Crippen LogP contribution in [0.2, 0.25) is 5.02 Å². The lowest BCUT2D eigenvalue weighted by Crippen LogP contribution is -2.37. The molecule has 4 aromatic carbocycles. The highest BCUT2D eigenvalue weighted by atomic mass is 35.5. The first-order valence-corrected chi connectivity index (χ1v) is 19.4. The number of ether oxygens (including phenoxy) is 2. The van der Waals surface area contributed by atoms with Crippen LogP contribution in [0, 0.1) is 5.82 Å². The third-order valence-corrected chi connectivity index (χ3v) is 10.1. The van der Waals surface area contributed by atoms with E-state index in [1.54, 1.807) is 6.07 Å². The first-order valence-electron chi connectivity index (χ1n) is 15.6. The van der Waals surface area contributed by atoms with Crippen LogP contribution in [0.4, 0.5) is 17.6 Å². The Morgan fingerprint density at radius 2 is 1.55 bits per heavy atom. The summed E-state index contributed by atoms with van der Waals surface area (Å²) in [7, 11) is -8.88. The van der Waals surface area contributed by atoms with Crippen LogP contribution in [-0.2, 0) is 43.0 Å². The number of phosphoric ester groups is 1. The van der Waals surface area contributed by atoms with Gasteiger partial charge in [-0.2, -0.15) is 13.2 Å². The average molecular weight is 774 g/mol. The van der Waals surface area contributed by atoms with Gasteiger partial charge in [-0.1, -0.05) is 84.4 Å². The van der Waals surface area contributed by atoms with Gasteiger partial charge >= 0.3 is 14.0 Å². The maximum atomic E-state index is 15.2. The maximum Gasteiger partial charge on any atom is 0.471 e. The van der Waals surface area contributed by atoms with Crippen molar-refractivity contribution in [2.24, 2.45) is 0 Å². The van der Waals surface area contributed by atoms with Gasteiger partial charge in [-0.3, -0.25) is 9.42 Å². The largest absolute Gasteiger partial charge is 0.493 e. The number of phosphoric acid groups is 1. The highest BCUT2D eigenvalue weighted by Crippen LogP contribution is 2.38. The number of sulfone groups is 1. The fourth-order valence-corrected chi connectivity index (χ4v) is 6.91. The van der Waals surface area contributed by atoms with Crippen molar-refractivity contribution < 1.29 is 54.3 Å². The quantitative estimate of drug-likeness (QED) is 0.0476. The molecule has 4 aromatic rings. The SMILES string of the molecule is C[C@H](CCOc1cc(F)c(COCOP(=O)(O)O)c(S(C)(=O)=O)c1)N(Cc1cccc(C(F)(F)F)c1Cl)CC(c1ccccc1)c1ccccc1. The highest BCUT2D eigenvalue weighted by molar-refractivity contribution is 7.90. The molecule has 9 nitrogen and oxygen atoms in total. The molecular weight excluding hydrogens is 737 g/mol. The van der Waals surface area contributed by atoms with Crippen LogP contribution >= 0.6 is 19.4 Å². The van der Waals surface area contributed by atoms with E-state index in [9.17, 15) is 26.2 Å². The van der Waals surface area contributed by atoms with Crippen LogP contribution in [0.1, 0.15) is 47.1 Å². The van der Waals surface area contributed by atoms with E-state index in [0.29, 0.717) is 13.0 Å². The lowest BCUT2D eigenvalue weighted by atomic mass is 9.90. The third kappa shape index (κ3) is 11.8. The predicted octanol–water partition coefficient (Wildman–Crippen LogP) is 7.98. The van der Waals surface area contributed by atoms with Gasteiger partial charge in [0.25, 0.3) is 0 Å². The van der Waals surface area contributed by atoms with E-state index in [1.165, 1.54) is 6.07 Å². The van der Waals surface area contributed by atoms with Crippen molar-refractivity contribution in [1.29, 1.82) is 0 Å². The van der Waals surface area contributed by atoms with Crippen LogP contribution in [0.3, 0.4) is 0 Å². The molecule has 0 radical (unpaired) electrons. The van der Waals surface area contributed by atoms with Crippen LogP contribution in [0.25, 0.3) is 0 Å². The molecule has 4 rings (SSSR count). The topological polar surface area (TPSA) is 123 Å². The minimum absolute atomic E-state index is 0.0239. The van der Waals surface area contributed by atoms with Crippen LogP contribution < -0.4 is 4.74 Å². The third-order valence-electron chi connectivity index (χ3n) is 8.08. The van der Waals surface area contributed by atoms with Crippen LogP contribution in [0.5, 0.6) is 5.75 Å². The molecule has 0 saturated heterocycles. The fourth-order valence-electron chi connectivity index (χ4n) is 5.47. The van der Waals surface area contributed by atoms with Crippen molar-refractivity contribution in [2.45, 2.75) is 49.5 Å². The zero-order valence-electron chi connectivity index (χ0n) is 27.6. The summed E-state index contributed by atoms with van der Waals surface area (Å²) >= 11 is 6.33. The molecule has 276 valence electrons. The molecule has 0 bridgehead atoms. The summed E-state index contributed by atoms with van der Waals surface area (Å²) < 4.78 is 107. The molecule has 0 saturated carbocycles. The summed E-state index contributed by atoms with van der Waals surface area (Å²) in [6, 6.07) is 24.9. The van der Waals surface area contributed by atoms with Gasteiger partial charge in [0.15, 0.2) is 16.6 Å². The number of alkyl halides is 3. The molecule has 0 fully saturated rings. The first-order chi connectivity index (χ1) is 23.9. The lowest BCUT2D eigenvalue weighted by molar-refractivity contribution is -0.137.